The van der Waals surface area contributed by atoms with Crippen LogP contribution in [0.1, 0.15) is 17.3 Å². The van der Waals surface area contributed by atoms with Crippen LogP contribution in [0.15, 0.2) is 30.3 Å². The minimum atomic E-state index is -0.803. The third-order valence-corrected chi connectivity index (χ3v) is 4.12. The predicted octanol–water partition coefficient (Wildman–Crippen LogP) is 1.95. The van der Waals surface area contributed by atoms with E-state index in [1.807, 2.05) is 0 Å². The molecule has 0 radical (unpaired) electrons. The molecule has 3 amide bonds. The molecule has 0 bridgehead atoms. The van der Waals surface area contributed by atoms with Gasteiger partial charge in [-0.2, -0.15) is 0 Å². The van der Waals surface area contributed by atoms with Crippen molar-refractivity contribution in [1.82, 2.24) is 0 Å². The normalized spacial score (nSPS) is 10.1. The first-order valence-electron chi connectivity index (χ1n) is 7.30. The average Bonchev–Trinajstić information content (AvgIpc) is 2.96. The molecule has 2 rings (SSSR count). The van der Waals surface area contributed by atoms with Crippen LogP contribution in [0.4, 0.5) is 9.80 Å². The van der Waals surface area contributed by atoms with Gasteiger partial charge >= 0.3 is 12.0 Å². The second kappa shape index (κ2) is 8.15. The first-order chi connectivity index (χ1) is 11.9. The van der Waals surface area contributed by atoms with Gasteiger partial charge in [0.2, 0.25) is 0 Å². The van der Waals surface area contributed by atoms with Crippen LogP contribution in [0.3, 0.4) is 0 Å². The highest BCUT2D eigenvalue weighted by Gasteiger charge is 2.18. The fourth-order valence-corrected chi connectivity index (χ4v) is 3.14. The summed E-state index contributed by atoms with van der Waals surface area (Å²) >= 11 is 1.12. The molecule has 9 heteroatoms. The quantitative estimate of drug-likeness (QED) is 0.646. The zero-order chi connectivity index (χ0) is 18.4. The van der Waals surface area contributed by atoms with E-state index in [0.717, 1.165) is 11.3 Å². The van der Waals surface area contributed by atoms with Crippen LogP contribution in [-0.2, 0) is 9.53 Å². The summed E-state index contributed by atoms with van der Waals surface area (Å²) < 4.78 is 10.3. The number of nitrogens with two attached hydrogens (primary N) is 2. The number of benzene rings is 1. The van der Waals surface area contributed by atoms with Gasteiger partial charge in [-0.25, -0.2) is 9.59 Å². The number of anilines is 1. The van der Waals surface area contributed by atoms with Crippen molar-refractivity contribution in [2.24, 2.45) is 11.5 Å². The van der Waals surface area contributed by atoms with E-state index in [0.29, 0.717) is 16.2 Å². The number of ether oxygens (including phenoxy) is 2. The van der Waals surface area contributed by atoms with Crippen LogP contribution in [0, 0.1) is 0 Å². The summed E-state index contributed by atoms with van der Waals surface area (Å²) in [7, 11) is 0. The number of carbonyl (C=O) groups excluding carboxylic acids is 3. The van der Waals surface area contributed by atoms with Crippen LogP contribution in [0.5, 0.6) is 5.75 Å². The average molecular weight is 363 g/mol. The van der Waals surface area contributed by atoms with Crippen molar-refractivity contribution in [3.63, 3.8) is 0 Å². The van der Waals surface area contributed by atoms with Crippen LogP contribution >= 0.6 is 11.3 Å². The number of primary amides is 2. The first kappa shape index (κ1) is 18.3. The summed E-state index contributed by atoms with van der Waals surface area (Å²) in [5.74, 6) is -0.757. The van der Waals surface area contributed by atoms with Gasteiger partial charge in [0, 0.05) is 10.4 Å². The number of nitrogens with one attached hydrogen (secondary N) is 1. The number of urea groups is 1. The van der Waals surface area contributed by atoms with Gasteiger partial charge in [-0.05, 0) is 25.1 Å². The smallest absolute Gasteiger partial charge is 0.344 e. The lowest BCUT2D eigenvalue weighted by molar-refractivity contribution is -0.145. The van der Waals surface area contributed by atoms with Crippen molar-refractivity contribution < 1.29 is 23.9 Å². The largest absolute Gasteiger partial charge is 0.481 e. The third kappa shape index (κ3) is 4.70. The van der Waals surface area contributed by atoms with Gasteiger partial charge in [0.25, 0.3) is 5.91 Å². The number of hydrogen-bond acceptors (Lipinski definition) is 6. The first-order valence-corrected chi connectivity index (χ1v) is 8.12. The van der Waals surface area contributed by atoms with Crippen molar-refractivity contribution in [3.05, 3.63) is 35.9 Å². The molecule has 0 aliphatic heterocycles. The molecule has 0 spiro atoms. The van der Waals surface area contributed by atoms with Gasteiger partial charge in [0.1, 0.15) is 10.8 Å². The van der Waals surface area contributed by atoms with Crippen molar-refractivity contribution in [2.75, 3.05) is 18.5 Å². The Morgan fingerprint density at radius 3 is 2.56 bits per heavy atom. The van der Waals surface area contributed by atoms with Crippen molar-refractivity contribution >= 4 is 34.2 Å². The maximum Gasteiger partial charge on any atom is 0.344 e. The molecule has 8 nitrogen and oxygen atoms in total. The molecule has 0 atom stereocenters. The molecule has 5 N–H and O–H groups in total. The molecule has 0 unspecified atom stereocenters. The van der Waals surface area contributed by atoms with Crippen LogP contribution in [0.2, 0.25) is 0 Å². The van der Waals surface area contributed by atoms with E-state index < -0.39 is 17.9 Å². The van der Waals surface area contributed by atoms with Crippen molar-refractivity contribution in [2.45, 2.75) is 6.92 Å². The number of thiophene rings is 1. The molecule has 2 aromatic rings. The van der Waals surface area contributed by atoms with E-state index in [2.05, 4.69) is 5.32 Å². The summed E-state index contributed by atoms with van der Waals surface area (Å²) in [5.41, 5.74) is 11.2. The lowest BCUT2D eigenvalue weighted by Crippen LogP contribution is -2.21. The fraction of sp³-hybridized carbons (Fsp3) is 0.188. The molecule has 0 fully saturated rings. The predicted molar refractivity (Wildman–Crippen MR) is 93.6 cm³/mol. The van der Waals surface area contributed by atoms with Crippen molar-refractivity contribution in [3.8, 4) is 16.2 Å². The summed E-state index contributed by atoms with van der Waals surface area (Å²) in [6.07, 6.45) is 0. The second-order valence-corrected chi connectivity index (χ2v) is 5.85. The van der Waals surface area contributed by atoms with E-state index >= 15 is 0 Å². The second-order valence-electron chi connectivity index (χ2n) is 4.80. The van der Waals surface area contributed by atoms with E-state index in [-0.39, 0.29) is 23.8 Å². The number of hydrogen-bond donors (Lipinski definition) is 3. The highest BCUT2D eigenvalue weighted by Crippen LogP contribution is 2.39. The van der Waals surface area contributed by atoms with Crippen LogP contribution in [-0.4, -0.2) is 31.1 Å². The summed E-state index contributed by atoms with van der Waals surface area (Å²) in [4.78, 5) is 34.7. The number of esters is 1. The SMILES string of the molecule is CCOC(=O)COc1ccccc1-c1cc(C(N)=O)c(NC(N)=O)s1. The lowest BCUT2D eigenvalue weighted by Gasteiger charge is -2.09. The maximum absolute atomic E-state index is 11.6. The Bertz CT molecular complexity index is 803. The Hall–Kier alpha value is -3.07. The van der Waals surface area contributed by atoms with E-state index in [9.17, 15) is 14.4 Å². The molecule has 132 valence electrons. The number of rotatable bonds is 7. The van der Waals surface area contributed by atoms with Gasteiger partial charge in [0.15, 0.2) is 6.61 Å². The molecular formula is C16H17N3O5S. The maximum atomic E-state index is 11.6. The molecule has 0 saturated heterocycles. The summed E-state index contributed by atoms with van der Waals surface area (Å²) in [6, 6.07) is 7.69. The Morgan fingerprint density at radius 2 is 1.92 bits per heavy atom. The zero-order valence-corrected chi connectivity index (χ0v) is 14.2. The zero-order valence-electron chi connectivity index (χ0n) is 13.4. The summed E-state index contributed by atoms with van der Waals surface area (Å²) in [5, 5.41) is 2.62. The van der Waals surface area contributed by atoms with Gasteiger partial charge in [0.05, 0.1) is 12.2 Å². The number of para-hydroxylation sites is 1. The standard InChI is InChI=1S/C16H17N3O5S/c1-2-23-13(20)8-24-11-6-4-3-5-9(11)12-7-10(14(17)21)15(25-12)19-16(18)22/h3-7H,2,8H2,1H3,(H2,17,21)(H3,18,19,22). The van der Waals surface area contributed by atoms with Crippen molar-refractivity contribution in [1.29, 1.82) is 0 Å². The topological polar surface area (TPSA) is 134 Å². The number of carbonyl (C=O) groups is 3. The highest BCUT2D eigenvalue weighted by molar-refractivity contribution is 7.20. The van der Waals surface area contributed by atoms with E-state index in [1.165, 1.54) is 6.07 Å². The molecular weight excluding hydrogens is 346 g/mol. The Morgan fingerprint density at radius 1 is 1.20 bits per heavy atom. The minimum absolute atomic E-state index is 0.138. The lowest BCUT2D eigenvalue weighted by atomic mass is 10.1. The molecule has 0 aliphatic rings. The monoisotopic (exact) mass is 363 g/mol. The van der Waals surface area contributed by atoms with Gasteiger partial charge < -0.3 is 20.9 Å². The summed E-state index contributed by atoms with van der Waals surface area (Å²) in [6.45, 7) is 1.72. The van der Waals surface area contributed by atoms with Gasteiger partial charge in [-0.1, -0.05) is 12.1 Å². The molecule has 1 heterocycles. The molecule has 1 aromatic heterocycles. The number of amides is 3. The van der Waals surface area contributed by atoms with Gasteiger partial charge in [-0.3, -0.25) is 10.1 Å². The molecule has 0 saturated carbocycles. The van der Waals surface area contributed by atoms with E-state index in [1.54, 1.807) is 31.2 Å². The fourth-order valence-electron chi connectivity index (χ4n) is 2.05. The van der Waals surface area contributed by atoms with Gasteiger partial charge in [-0.15, -0.1) is 11.3 Å². The van der Waals surface area contributed by atoms with E-state index in [4.69, 9.17) is 20.9 Å². The Labute approximate surface area is 147 Å². The molecule has 0 aliphatic carbocycles. The van der Waals surface area contributed by atoms with Crippen LogP contribution in [0.25, 0.3) is 10.4 Å². The molecule has 25 heavy (non-hydrogen) atoms. The van der Waals surface area contributed by atoms with Crippen LogP contribution < -0.4 is 21.5 Å². The Balaban J connectivity index is 2.33. The molecule has 1 aromatic carbocycles. The minimum Gasteiger partial charge on any atom is -0.481 e. The third-order valence-electron chi connectivity index (χ3n) is 3.04. The highest BCUT2D eigenvalue weighted by atomic mass is 32.1. The Kier molecular flexibility index (Phi) is 5.96.